The Bertz CT molecular complexity index is 954. The average Bonchev–Trinajstić information content (AvgIpc) is 2.74. The molecule has 0 aliphatic rings. The summed E-state index contributed by atoms with van der Waals surface area (Å²) in [5.74, 6) is 0.717. The van der Waals surface area contributed by atoms with Crippen molar-refractivity contribution in [1.82, 2.24) is 10.3 Å². The fourth-order valence-electron chi connectivity index (χ4n) is 2.49. The van der Waals surface area contributed by atoms with E-state index in [1.165, 1.54) is 0 Å². The number of carbonyl (C=O) groups excluding carboxylic acids is 1. The van der Waals surface area contributed by atoms with Crippen molar-refractivity contribution in [2.45, 2.75) is 13.5 Å². The van der Waals surface area contributed by atoms with Crippen LogP contribution in [0.2, 0.25) is 0 Å². The van der Waals surface area contributed by atoms with Crippen molar-refractivity contribution in [2.75, 3.05) is 12.4 Å². The second-order valence-electron chi connectivity index (χ2n) is 6.20. The van der Waals surface area contributed by atoms with Crippen LogP contribution in [0.3, 0.4) is 0 Å². The van der Waals surface area contributed by atoms with Gasteiger partial charge in [-0.1, -0.05) is 23.8 Å². The second kappa shape index (κ2) is 9.32. The Kier molecular flexibility index (Phi) is 6.36. The van der Waals surface area contributed by atoms with E-state index in [2.05, 4.69) is 20.6 Å². The van der Waals surface area contributed by atoms with E-state index in [1.54, 1.807) is 43.8 Å². The Hall–Kier alpha value is -3.67. The van der Waals surface area contributed by atoms with Crippen molar-refractivity contribution in [3.63, 3.8) is 0 Å². The van der Waals surface area contributed by atoms with Crippen LogP contribution < -0.4 is 15.4 Å². The summed E-state index contributed by atoms with van der Waals surface area (Å²) in [5, 5.41) is 6.02. The lowest BCUT2D eigenvalue weighted by molar-refractivity contribution is 0.0976. The number of aliphatic imine (C=N–C) groups is 1. The van der Waals surface area contributed by atoms with Gasteiger partial charge in [-0.15, -0.1) is 0 Å². The largest absolute Gasteiger partial charge is 0.497 e. The number of hydrogen-bond donors (Lipinski definition) is 2. The second-order valence-corrected chi connectivity index (χ2v) is 6.20. The zero-order valence-corrected chi connectivity index (χ0v) is 15.8. The van der Waals surface area contributed by atoms with Gasteiger partial charge < -0.3 is 10.1 Å². The minimum absolute atomic E-state index is 0.271. The maximum atomic E-state index is 12.7. The summed E-state index contributed by atoms with van der Waals surface area (Å²) < 4.78 is 5.19. The molecule has 0 aliphatic heterocycles. The van der Waals surface area contributed by atoms with Crippen LogP contribution in [0, 0.1) is 6.92 Å². The Morgan fingerprint density at radius 1 is 1.07 bits per heavy atom. The number of benzene rings is 2. The number of nitrogens with zero attached hydrogens (tertiary/aromatic N) is 2. The lowest BCUT2D eigenvalue weighted by atomic mass is 10.2. The first-order chi connectivity index (χ1) is 13.6. The quantitative estimate of drug-likeness (QED) is 0.526. The molecule has 1 amide bonds. The van der Waals surface area contributed by atoms with Crippen molar-refractivity contribution >= 4 is 17.6 Å². The first-order valence-electron chi connectivity index (χ1n) is 8.86. The summed E-state index contributed by atoms with van der Waals surface area (Å²) in [4.78, 5) is 21.2. The first kappa shape index (κ1) is 19.1. The third-order valence-corrected chi connectivity index (χ3v) is 4.05. The van der Waals surface area contributed by atoms with E-state index in [0.29, 0.717) is 23.8 Å². The van der Waals surface area contributed by atoms with E-state index >= 15 is 0 Å². The third-order valence-electron chi connectivity index (χ3n) is 4.05. The number of aryl methyl sites for hydroxylation is 1. The van der Waals surface area contributed by atoms with E-state index in [0.717, 1.165) is 16.8 Å². The van der Waals surface area contributed by atoms with Crippen LogP contribution in [-0.4, -0.2) is 24.0 Å². The molecule has 3 rings (SSSR count). The molecule has 0 fully saturated rings. The highest BCUT2D eigenvalue weighted by molar-refractivity contribution is 6.10. The molecule has 0 spiro atoms. The van der Waals surface area contributed by atoms with Crippen LogP contribution >= 0.6 is 0 Å². The molecule has 0 radical (unpaired) electrons. The maximum absolute atomic E-state index is 12.7. The lowest BCUT2D eigenvalue weighted by Crippen LogP contribution is -2.36. The Morgan fingerprint density at radius 3 is 2.54 bits per heavy atom. The maximum Gasteiger partial charge on any atom is 0.258 e. The number of anilines is 1. The number of rotatable bonds is 5. The minimum atomic E-state index is -0.271. The van der Waals surface area contributed by atoms with Crippen LogP contribution in [0.15, 0.2) is 78.0 Å². The number of aromatic nitrogens is 1. The highest BCUT2D eigenvalue weighted by Crippen LogP contribution is 2.13. The first-order valence-corrected chi connectivity index (χ1v) is 8.86. The third kappa shape index (κ3) is 5.41. The molecule has 6 nitrogen and oxygen atoms in total. The monoisotopic (exact) mass is 374 g/mol. The molecular formula is C22H22N4O2. The van der Waals surface area contributed by atoms with E-state index in [9.17, 15) is 4.79 Å². The van der Waals surface area contributed by atoms with Crippen molar-refractivity contribution in [3.05, 3.63) is 89.7 Å². The van der Waals surface area contributed by atoms with Crippen LogP contribution in [0.5, 0.6) is 5.75 Å². The number of methoxy groups -OCH3 is 1. The molecular weight excluding hydrogens is 352 g/mol. The fourth-order valence-corrected chi connectivity index (χ4v) is 2.49. The minimum Gasteiger partial charge on any atom is -0.497 e. The summed E-state index contributed by atoms with van der Waals surface area (Å²) in [6.07, 6.45) is 3.43. The summed E-state index contributed by atoms with van der Waals surface area (Å²) >= 11 is 0. The van der Waals surface area contributed by atoms with Gasteiger partial charge in [-0.3, -0.25) is 15.1 Å². The summed E-state index contributed by atoms with van der Waals surface area (Å²) in [5.41, 5.74) is 3.47. The molecule has 0 saturated carbocycles. The normalized spacial score (nSPS) is 11.0. The predicted octanol–water partition coefficient (Wildman–Crippen LogP) is 3.80. The van der Waals surface area contributed by atoms with Gasteiger partial charge >= 0.3 is 0 Å². The van der Waals surface area contributed by atoms with E-state index in [1.807, 2.05) is 43.3 Å². The highest BCUT2D eigenvalue weighted by Gasteiger charge is 2.10. The number of amides is 1. The molecule has 0 aliphatic carbocycles. The average molecular weight is 374 g/mol. The van der Waals surface area contributed by atoms with Crippen LogP contribution in [-0.2, 0) is 6.54 Å². The smallest absolute Gasteiger partial charge is 0.258 e. The molecule has 0 atom stereocenters. The molecule has 6 heteroatoms. The van der Waals surface area contributed by atoms with Crippen LogP contribution in [0.1, 0.15) is 21.5 Å². The summed E-state index contributed by atoms with van der Waals surface area (Å²) in [6, 6.07) is 18.6. The van der Waals surface area contributed by atoms with Gasteiger partial charge in [0, 0.05) is 23.6 Å². The predicted molar refractivity (Wildman–Crippen MR) is 111 cm³/mol. The number of hydrogen-bond acceptors (Lipinski definition) is 4. The Labute approximate surface area is 164 Å². The molecule has 3 aromatic rings. The van der Waals surface area contributed by atoms with Gasteiger partial charge in [0.15, 0.2) is 0 Å². The highest BCUT2D eigenvalue weighted by atomic mass is 16.5. The molecule has 0 unspecified atom stereocenters. The number of ether oxygens (including phenoxy) is 1. The van der Waals surface area contributed by atoms with Crippen molar-refractivity contribution in [2.24, 2.45) is 4.99 Å². The molecule has 0 saturated heterocycles. The molecule has 28 heavy (non-hydrogen) atoms. The topological polar surface area (TPSA) is 75.6 Å². The SMILES string of the molecule is COc1cccc(C(=O)NC(=NCc2ccncc2)Nc2ccc(C)cc2)c1. The number of nitrogens with one attached hydrogen (secondary N) is 2. The molecule has 1 aromatic heterocycles. The van der Waals surface area contributed by atoms with Crippen molar-refractivity contribution in [3.8, 4) is 5.75 Å². The lowest BCUT2D eigenvalue weighted by Gasteiger charge is -2.12. The fraction of sp³-hybridized carbons (Fsp3) is 0.136. The zero-order chi connectivity index (χ0) is 19.8. The zero-order valence-electron chi connectivity index (χ0n) is 15.8. The van der Waals surface area contributed by atoms with Gasteiger partial charge in [0.1, 0.15) is 5.75 Å². The van der Waals surface area contributed by atoms with Crippen molar-refractivity contribution < 1.29 is 9.53 Å². The number of pyridine rings is 1. The molecule has 142 valence electrons. The Balaban J connectivity index is 1.79. The number of guanidine groups is 1. The standard InChI is InChI=1S/C22H22N4O2/c1-16-6-8-19(9-7-16)25-22(24-15-17-10-12-23-13-11-17)26-21(27)18-4-3-5-20(14-18)28-2/h3-14H,15H2,1-2H3,(H2,24,25,26,27). The van der Waals surface area contributed by atoms with E-state index in [-0.39, 0.29) is 5.91 Å². The van der Waals surface area contributed by atoms with Gasteiger partial charge in [0.2, 0.25) is 5.96 Å². The number of carbonyl (C=O) groups is 1. The van der Waals surface area contributed by atoms with Gasteiger partial charge in [-0.2, -0.15) is 0 Å². The summed E-state index contributed by atoms with van der Waals surface area (Å²) in [6.45, 7) is 2.43. The molecule has 2 aromatic carbocycles. The van der Waals surface area contributed by atoms with Gasteiger partial charge in [0.25, 0.3) is 5.91 Å². The van der Waals surface area contributed by atoms with Gasteiger partial charge in [0.05, 0.1) is 13.7 Å². The van der Waals surface area contributed by atoms with Crippen molar-refractivity contribution in [1.29, 1.82) is 0 Å². The van der Waals surface area contributed by atoms with Gasteiger partial charge in [-0.05, 0) is 55.0 Å². The molecule has 2 N–H and O–H groups in total. The van der Waals surface area contributed by atoms with Crippen LogP contribution in [0.4, 0.5) is 5.69 Å². The van der Waals surface area contributed by atoms with E-state index < -0.39 is 0 Å². The van der Waals surface area contributed by atoms with Crippen LogP contribution in [0.25, 0.3) is 0 Å². The molecule has 1 heterocycles. The molecule has 0 bridgehead atoms. The Morgan fingerprint density at radius 2 is 1.82 bits per heavy atom. The summed E-state index contributed by atoms with van der Waals surface area (Å²) in [7, 11) is 1.57. The van der Waals surface area contributed by atoms with Gasteiger partial charge in [-0.25, -0.2) is 4.99 Å². The van der Waals surface area contributed by atoms with E-state index in [4.69, 9.17) is 4.74 Å².